The molecule has 0 atom stereocenters. The van der Waals surface area contributed by atoms with E-state index in [1.54, 1.807) is 4.72 Å². The quantitative estimate of drug-likeness (QED) is 0.871. The Labute approximate surface area is 114 Å². The fraction of sp³-hybridized carbons (Fsp3) is 0.250. The number of hydrogen-bond donors (Lipinski definition) is 1. The van der Waals surface area contributed by atoms with E-state index in [-0.39, 0.29) is 11.1 Å². The number of benzene rings is 1. The number of amides is 1. The van der Waals surface area contributed by atoms with Crippen LogP contribution in [0.25, 0.3) is 5.57 Å². The highest BCUT2D eigenvalue weighted by molar-refractivity contribution is 7.89. The van der Waals surface area contributed by atoms with Crippen LogP contribution in [0.4, 0.5) is 13.2 Å². The van der Waals surface area contributed by atoms with Gasteiger partial charge in [-0.3, -0.25) is 4.79 Å². The highest BCUT2D eigenvalue weighted by Gasteiger charge is 2.30. The van der Waals surface area contributed by atoms with Crippen molar-refractivity contribution in [3.63, 3.8) is 0 Å². The first-order valence-electron chi connectivity index (χ1n) is 5.37. The second kappa shape index (κ2) is 5.66. The summed E-state index contributed by atoms with van der Waals surface area (Å²) in [5, 5.41) is 0. The van der Waals surface area contributed by atoms with Gasteiger partial charge in [0.1, 0.15) is 0 Å². The van der Waals surface area contributed by atoms with Gasteiger partial charge in [-0.1, -0.05) is 12.1 Å². The molecule has 0 aromatic heterocycles. The van der Waals surface area contributed by atoms with Gasteiger partial charge in [-0.2, -0.15) is 13.2 Å². The Kier molecular flexibility index (Phi) is 4.59. The summed E-state index contributed by atoms with van der Waals surface area (Å²) in [4.78, 5) is 11.3. The van der Waals surface area contributed by atoms with Gasteiger partial charge in [0.25, 0.3) is 5.91 Å². The molecule has 0 spiro atoms. The second-order valence-corrected chi connectivity index (χ2v) is 5.89. The van der Waals surface area contributed by atoms with Crippen molar-refractivity contribution < 1.29 is 26.4 Å². The molecular weight excluding hydrogens is 295 g/mol. The first-order valence-corrected chi connectivity index (χ1v) is 7.26. The molecule has 0 saturated carbocycles. The van der Waals surface area contributed by atoms with Crippen molar-refractivity contribution in [3.8, 4) is 0 Å². The smallest absolute Gasteiger partial charge is 0.269 e. The van der Waals surface area contributed by atoms with Crippen LogP contribution in [0.15, 0.2) is 30.3 Å². The van der Waals surface area contributed by atoms with Gasteiger partial charge in [0.15, 0.2) is 0 Å². The monoisotopic (exact) mass is 307 g/mol. The van der Waals surface area contributed by atoms with E-state index in [0.29, 0.717) is 0 Å². The van der Waals surface area contributed by atoms with Crippen LogP contribution in [-0.2, 0) is 21.0 Å². The predicted octanol–water partition coefficient (Wildman–Crippen LogP) is 2.18. The van der Waals surface area contributed by atoms with E-state index in [1.165, 1.54) is 19.1 Å². The van der Waals surface area contributed by atoms with Crippen LogP contribution < -0.4 is 4.72 Å². The lowest BCUT2D eigenvalue weighted by Crippen LogP contribution is -2.27. The number of sulfonamides is 1. The molecule has 0 heterocycles. The van der Waals surface area contributed by atoms with E-state index in [2.05, 4.69) is 0 Å². The maximum Gasteiger partial charge on any atom is 0.416 e. The molecule has 0 fully saturated rings. The molecule has 0 saturated heterocycles. The lowest BCUT2D eigenvalue weighted by atomic mass is 10.0. The fourth-order valence-corrected chi connectivity index (χ4v) is 1.86. The molecule has 20 heavy (non-hydrogen) atoms. The third-order valence-corrected chi connectivity index (χ3v) is 2.85. The summed E-state index contributed by atoms with van der Waals surface area (Å²) >= 11 is 0. The zero-order valence-electron chi connectivity index (χ0n) is 10.7. The number of halogens is 3. The lowest BCUT2D eigenvalue weighted by Gasteiger charge is -2.09. The molecule has 1 aromatic rings. The number of allylic oxidation sites excluding steroid dienone is 1. The van der Waals surface area contributed by atoms with Gasteiger partial charge >= 0.3 is 6.18 Å². The van der Waals surface area contributed by atoms with Crippen molar-refractivity contribution in [2.75, 3.05) is 6.26 Å². The highest BCUT2D eigenvalue weighted by atomic mass is 32.2. The lowest BCUT2D eigenvalue weighted by molar-refractivity contribution is -0.137. The molecule has 4 nitrogen and oxygen atoms in total. The molecule has 0 bridgehead atoms. The zero-order valence-corrected chi connectivity index (χ0v) is 11.5. The van der Waals surface area contributed by atoms with Crippen LogP contribution in [0.5, 0.6) is 0 Å². The van der Waals surface area contributed by atoms with Gasteiger partial charge in [0.05, 0.1) is 11.8 Å². The van der Waals surface area contributed by atoms with Crippen LogP contribution in [-0.4, -0.2) is 20.6 Å². The number of carbonyl (C=O) groups excluding carboxylic acids is 1. The van der Waals surface area contributed by atoms with Gasteiger partial charge in [-0.05, 0) is 30.2 Å². The Morgan fingerprint density at radius 3 is 2.40 bits per heavy atom. The largest absolute Gasteiger partial charge is 0.416 e. The molecule has 110 valence electrons. The minimum atomic E-state index is -4.48. The van der Waals surface area contributed by atoms with Gasteiger partial charge in [0, 0.05) is 6.08 Å². The Balaban J connectivity index is 3.04. The van der Waals surface area contributed by atoms with Crippen LogP contribution in [0.1, 0.15) is 18.1 Å². The second-order valence-electron chi connectivity index (χ2n) is 4.14. The summed E-state index contributed by atoms with van der Waals surface area (Å²) in [5.41, 5.74) is -0.438. The Morgan fingerprint density at radius 2 is 1.90 bits per heavy atom. The topological polar surface area (TPSA) is 63.2 Å². The summed E-state index contributed by atoms with van der Waals surface area (Å²) in [7, 11) is -3.71. The third-order valence-electron chi connectivity index (χ3n) is 2.28. The molecule has 1 N–H and O–H groups in total. The molecule has 8 heteroatoms. The standard InChI is InChI=1S/C12H12F3NO3S/c1-8(6-11(17)16-20(2,18)19)9-4-3-5-10(7-9)12(13,14)15/h3-7H,1-2H3,(H,16,17)/b8-6+. The zero-order chi connectivity index (χ0) is 15.6. The molecule has 0 aliphatic carbocycles. The molecule has 1 aromatic carbocycles. The maximum absolute atomic E-state index is 12.5. The Hall–Kier alpha value is -1.83. The van der Waals surface area contributed by atoms with E-state index < -0.39 is 27.7 Å². The summed E-state index contributed by atoms with van der Waals surface area (Å²) in [6, 6.07) is 4.41. The van der Waals surface area contributed by atoms with Crippen LogP contribution >= 0.6 is 0 Å². The summed E-state index contributed by atoms with van der Waals surface area (Å²) < 4.78 is 61.0. The number of nitrogens with one attached hydrogen (secondary N) is 1. The predicted molar refractivity (Wildman–Crippen MR) is 68.1 cm³/mol. The van der Waals surface area contributed by atoms with Gasteiger partial charge in [-0.15, -0.1) is 0 Å². The van der Waals surface area contributed by atoms with E-state index in [1.807, 2.05) is 0 Å². The van der Waals surface area contributed by atoms with E-state index in [4.69, 9.17) is 0 Å². The van der Waals surface area contributed by atoms with Gasteiger partial charge in [-0.25, -0.2) is 13.1 Å². The third kappa shape index (κ3) is 5.04. The fourth-order valence-electron chi connectivity index (χ4n) is 1.43. The molecule has 1 amide bonds. The van der Waals surface area contributed by atoms with Crippen molar-refractivity contribution in [2.24, 2.45) is 0 Å². The molecular formula is C12H12F3NO3S. The van der Waals surface area contributed by atoms with E-state index in [9.17, 15) is 26.4 Å². The normalized spacial score (nSPS) is 13.2. The molecule has 0 aliphatic rings. The Bertz CT molecular complexity index is 648. The van der Waals surface area contributed by atoms with Crippen molar-refractivity contribution in [2.45, 2.75) is 13.1 Å². The first-order chi connectivity index (χ1) is 8.99. The van der Waals surface area contributed by atoms with Gasteiger partial charge < -0.3 is 0 Å². The van der Waals surface area contributed by atoms with Crippen molar-refractivity contribution in [3.05, 3.63) is 41.5 Å². The minimum Gasteiger partial charge on any atom is -0.269 e. The Morgan fingerprint density at radius 1 is 1.30 bits per heavy atom. The summed E-state index contributed by atoms with van der Waals surface area (Å²) in [6.45, 7) is 1.41. The number of carbonyl (C=O) groups is 1. The molecule has 1 rings (SSSR count). The number of hydrogen-bond acceptors (Lipinski definition) is 3. The van der Waals surface area contributed by atoms with Gasteiger partial charge in [0.2, 0.25) is 10.0 Å². The highest BCUT2D eigenvalue weighted by Crippen LogP contribution is 2.30. The summed E-state index contributed by atoms with van der Waals surface area (Å²) in [6.07, 6.45) is -2.75. The van der Waals surface area contributed by atoms with Crippen LogP contribution in [0, 0.1) is 0 Å². The molecule has 0 unspecified atom stereocenters. The number of alkyl halides is 3. The molecule has 0 aliphatic heterocycles. The minimum absolute atomic E-state index is 0.184. The SMILES string of the molecule is C/C(=C\C(=O)NS(C)(=O)=O)c1cccc(C(F)(F)F)c1. The molecule has 0 radical (unpaired) electrons. The first kappa shape index (κ1) is 16.2. The summed E-state index contributed by atoms with van der Waals surface area (Å²) in [5.74, 6) is -0.914. The van der Waals surface area contributed by atoms with Crippen molar-refractivity contribution in [1.82, 2.24) is 4.72 Å². The van der Waals surface area contributed by atoms with E-state index in [0.717, 1.165) is 24.5 Å². The van der Waals surface area contributed by atoms with Crippen LogP contribution in [0.3, 0.4) is 0 Å². The maximum atomic E-state index is 12.5. The average molecular weight is 307 g/mol. The van der Waals surface area contributed by atoms with Crippen molar-refractivity contribution in [1.29, 1.82) is 0 Å². The van der Waals surface area contributed by atoms with Crippen LogP contribution in [0.2, 0.25) is 0 Å². The number of rotatable bonds is 3. The van der Waals surface area contributed by atoms with Crippen molar-refractivity contribution >= 4 is 21.5 Å². The average Bonchev–Trinajstić information content (AvgIpc) is 2.25. The van der Waals surface area contributed by atoms with E-state index >= 15 is 0 Å².